The molecule has 1 saturated carbocycles. The van der Waals surface area contributed by atoms with Crippen molar-refractivity contribution >= 4 is 17.5 Å². The first-order chi connectivity index (χ1) is 8.75. The molecule has 1 amide bonds. The quantitative estimate of drug-likeness (QED) is 0.659. The van der Waals surface area contributed by atoms with Crippen molar-refractivity contribution in [2.45, 2.75) is 31.8 Å². The largest absolute Gasteiger partial charge is 0.376 e. The van der Waals surface area contributed by atoms with E-state index < -0.39 is 0 Å². The third kappa shape index (κ3) is 3.96. The zero-order valence-corrected chi connectivity index (χ0v) is 10.9. The fourth-order valence-electron chi connectivity index (χ4n) is 2.07. The lowest BCUT2D eigenvalue weighted by molar-refractivity contribution is 0.0581. The highest BCUT2D eigenvalue weighted by molar-refractivity contribution is 6.29. The number of carbonyl (C=O) groups is 1. The third-order valence-corrected chi connectivity index (χ3v) is 3.20. The van der Waals surface area contributed by atoms with Gasteiger partial charge < -0.3 is 10.1 Å². The standard InChI is InChI=1S/C13H17ClN2O2/c14-12-7-3-6-11(16-12)13(17)15-8-9-18-10-4-1-2-5-10/h3,6-7,10H,1-2,4-5,8-9H2,(H,15,17). The molecule has 0 aliphatic heterocycles. The second kappa shape index (κ2) is 6.71. The number of hydrogen-bond donors (Lipinski definition) is 1. The molecule has 0 spiro atoms. The topological polar surface area (TPSA) is 51.2 Å². The lowest BCUT2D eigenvalue weighted by Gasteiger charge is -2.11. The van der Waals surface area contributed by atoms with Crippen molar-refractivity contribution in [3.63, 3.8) is 0 Å². The molecule has 18 heavy (non-hydrogen) atoms. The van der Waals surface area contributed by atoms with Gasteiger partial charge in [0.15, 0.2) is 0 Å². The summed E-state index contributed by atoms with van der Waals surface area (Å²) >= 11 is 5.72. The Hall–Kier alpha value is -1.13. The number of nitrogens with zero attached hydrogens (tertiary/aromatic N) is 1. The summed E-state index contributed by atoms with van der Waals surface area (Å²) in [5.74, 6) is -0.215. The molecule has 4 nitrogen and oxygen atoms in total. The summed E-state index contributed by atoms with van der Waals surface area (Å²) in [7, 11) is 0. The van der Waals surface area contributed by atoms with Crippen LogP contribution in [0.1, 0.15) is 36.2 Å². The molecule has 0 unspecified atom stereocenters. The number of rotatable bonds is 5. The van der Waals surface area contributed by atoms with Gasteiger partial charge in [-0.15, -0.1) is 0 Å². The predicted molar refractivity (Wildman–Crippen MR) is 69.8 cm³/mol. The number of nitrogens with one attached hydrogen (secondary N) is 1. The highest BCUT2D eigenvalue weighted by Gasteiger charge is 2.15. The van der Waals surface area contributed by atoms with Crippen LogP contribution in [0.5, 0.6) is 0 Å². The average molecular weight is 269 g/mol. The predicted octanol–water partition coefficient (Wildman–Crippen LogP) is 2.42. The van der Waals surface area contributed by atoms with Crippen LogP contribution in [0.15, 0.2) is 18.2 Å². The van der Waals surface area contributed by atoms with Crippen LogP contribution >= 0.6 is 11.6 Å². The van der Waals surface area contributed by atoms with Crippen LogP contribution < -0.4 is 5.32 Å². The summed E-state index contributed by atoms with van der Waals surface area (Å²) in [4.78, 5) is 15.6. The molecule has 1 aliphatic rings. The van der Waals surface area contributed by atoms with E-state index in [2.05, 4.69) is 10.3 Å². The second-order valence-corrected chi connectivity index (χ2v) is 4.77. The SMILES string of the molecule is O=C(NCCOC1CCCC1)c1cccc(Cl)n1. The summed E-state index contributed by atoms with van der Waals surface area (Å²) in [5, 5.41) is 3.09. The van der Waals surface area contributed by atoms with Gasteiger partial charge in [-0.1, -0.05) is 30.5 Å². The number of aromatic nitrogens is 1. The van der Waals surface area contributed by atoms with Crippen molar-refractivity contribution in [1.82, 2.24) is 10.3 Å². The summed E-state index contributed by atoms with van der Waals surface area (Å²) < 4.78 is 5.65. The molecule has 1 heterocycles. The zero-order valence-electron chi connectivity index (χ0n) is 10.2. The first kappa shape index (κ1) is 13.3. The summed E-state index contributed by atoms with van der Waals surface area (Å²) in [6.07, 6.45) is 5.17. The molecule has 0 radical (unpaired) electrons. The highest BCUT2D eigenvalue weighted by Crippen LogP contribution is 2.20. The van der Waals surface area contributed by atoms with Crippen molar-refractivity contribution in [2.75, 3.05) is 13.2 Å². The molecular weight excluding hydrogens is 252 g/mol. The van der Waals surface area contributed by atoms with E-state index in [0.717, 1.165) is 12.8 Å². The van der Waals surface area contributed by atoms with Crippen molar-refractivity contribution in [1.29, 1.82) is 0 Å². The smallest absolute Gasteiger partial charge is 0.270 e. The van der Waals surface area contributed by atoms with Gasteiger partial charge >= 0.3 is 0 Å². The number of ether oxygens (including phenoxy) is 1. The molecular formula is C13H17ClN2O2. The molecule has 0 atom stereocenters. The Bertz CT molecular complexity index is 406. The van der Waals surface area contributed by atoms with Gasteiger partial charge in [0, 0.05) is 6.54 Å². The maximum absolute atomic E-state index is 11.7. The summed E-state index contributed by atoms with van der Waals surface area (Å²) in [5.41, 5.74) is 0.336. The number of carbonyl (C=O) groups excluding carboxylic acids is 1. The molecule has 1 aromatic rings. The molecule has 1 N–H and O–H groups in total. The van der Waals surface area contributed by atoms with E-state index in [1.807, 2.05) is 0 Å². The minimum absolute atomic E-state index is 0.215. The molecule has 1 aliphatic carbocycles. The molecule has 0 saturated heterocycles. The number of hydrogen-bond acceptors (Lipinski definition) is 3. The third-order valence-electron chi connectivity index (χ3n) is 2.99. The highest BCUT2D eigenvalue weighted by atomic mass is 35.5. The summed E-state index contributed by atoms with van der Waals surface area (Å²) in [6.45, 7) is 1.06. The Morgan fingerprint density at radius 2 is 2.22 bits per heavy atom. The Morgan fingerprint density at radius 1 is 1.44 bits per heavy atom. The maximum atomic E-state index is 11.7. The van der Waals surface area contributed by atoms with Crippen molar-refractivity contribution in [3.05, 3.63) is 29.0 Å². The minimum Gasteiger partial charge on any atom is -0.376 e. The Labute approximate surface area is 112 Å². The fraction of sp³-hybridized carbons (Fsp3) is 0.538. The normalized spacial score (nSPS) is 15.8. The number of halogens is 1. The van der Waals surface area contributed by atoms with E-state index in [1.54, 1.807) is 18.2 Å². The van der Waals surface area contributed by atoms with E-state index in [1.165, 1.54) is 12.8 Å². The monoisotopic (exact) mass is 268 g/mol. The van der Waals surface area contributed by atoms with E-state index in [-0.39, 0.29) is 5.91 Å². The Morgan fingerprint density at radius 3 is 2.94 bits per heavy atom. The van der Waals surface area contributed by atoms with Gasteiger partial charge in [-0.3, -0.25) is 4.79 Å². The maximum Gasteiger partial charge on any atom is 0.270 e. The lowest BCUT2D eigenvalue weighted by atomic mass is 10.3. The first-order valence-electron chi connectivity index (χ1n) is 6.28. The van der Waals surface area contributed by atoms with Crippen LogP contribution in [0.2, 0.25) is 5.15 Å². The van der Waals surface area contributed by atoms with E-state index >= 15 is 0 Å². The molecule has 98 valence electrons. The molecule has 5 heteroatoms. The van der Waals surface area contributed by atoms with Crippen LogP contribution in [0.25, 0.3) is 0 Å². The fourth-order valence-corrected chi connectivity index (χ4v) is 2.23. The van der Waals surface area contributed by atoms with Crippen molar-refractivity contribution < 1.29 is 9.53 Å². The summed E-state index contributed by atoms with van der Waals surface area (Å²) in [6, 6.07) is 4.99. The van der Waals surface area contributed by atoms with Crippen molar-refractivity contribution in [2.24, 2.45) is 0 Å². The number of pyridine rings is 1. The van der Waals surface area contributed by atoms with E-state index in [9.17, 15) is 4.79 Å². The van der Waals surface area contributed by atoms with Gasteiger partial charge in [-0.05, 0) is 25.0 Å². The molecule has 0 aromatic carbocycles. The minimum atomic E-state index is -0.215. The first-order valence-corrected chi connectivity index (χ1v) is 6.66. The van der Waals surface area contributed by atoms with Crippen LogP contribution in [0, 0.1) is 0 Å². The van der Waals surface area contributed by atoms with Crippen LogP contribution in [-0.2, 0) is 4.74 Å². The van der Waals surface area contributed by atoms with Gasteiger partial charge in [0.05, 0.1) is 12.7 Å². The average Bonchev–Trinajstić information content (AvgIpc) is 2.87. The molecule has 0 bridgehead atoms. The van der Waals surface area contributed by atoms with Gasteiger partial charge in [-0.2, -0.15) is 0 Å². The molecule has 1 aromatic heterocycles. The van der Waals surface area contributed by atoms with Gasteiger partial charge in [-0.25, -0.2) is 4.98 Å². The second-order valence-electron chi connectivity index (χ2n) is 4.38. The molecule has 2 rings (SSSR count). The van der Waals surface area contributed by atoms with Crippen LogP contribution in [-0.4, -0.2) is 30.1 Å². The van der Waals surface area contributed by atoms with E-state index in [0.29, 0.717) is 30.1 Å². The van der Waals surface area contributed by atoms with Gasteiger partial charge in [0.1, 0.15) is 10.8 Å². The van der Waals surface area contributed by atoms with Crippen LogP contribution in [0.4, 0.5) is 0 Å². The lowest BCUT2D eigenvalue weighted by Crippen LogP contribution is -2.29. The Balaban J connectivity index is 1.68. The number of amides is 1. The van der Waals surface area contributed by atoms with Gasteiger partial charge in [0.2, 0.25) is 0 Å². The van der Waals surface area contributed by atoms with E-state index in [4.69, 9.17) is 16.3 Å². The Kier molecular flexibility index (Phi) is 4.96. The van der Waals surface area contributed by atoms with Crippen LogP contribution in [0.3, 0.4) is 0 Å². The molecule has 1 fully saturated rings. The van der Waals surface area contributed by atoms with Gasteiger partial charge in [0.25, 0.3) is 5.91 Å². The van der Waals surface area contributed by atoms with Crippen molar-refractivity contribution in [3.8, 4) is 0 Å². The zero-order chi connectivity index (χ0) is 12.8.